The van der Waals surface area contributed by atoms with Gasteiger partial charge < -0.3 is 5.32 Å². The molecule has 1 saturated heterocycles. The quantitative estimate of drug-likeness (QED) is 0.829. The molecule has 0 saturated carbocycles. The third kappa shape index (κ3) is 3.18. The number of carbonyl (C=O) groups excluding carboxylic acids is 1. The molecular weight excluding hydrogens is 224 g/mol. The smallest absolute Gasteiger partial charge is 0.164 e. The van der Waals surface area contributed by atoms with Gasteiger partial charge in [0.25, 0.3) is 0 Å². The summed E-state index contributed by atoms with van der Waals surface area (Å²) in [7, 11) is 0. The van der Waals surface area contributed by atoms with Crippen LogP contribution in [0, 0.1) is 11.3 Å². The van der Waals surface area contributed by atoms with E-state index in [1.54, 1.807) is 24.3 Å². The molecule has 3 heteroatoms. The van der Waals surface area contributed by atoms with Gasteiger partial charge >= 0.3 is 0 Å². The van der Waals surface area contributed by atoms with Crippen LogP contribution >= 0.6 is 0 Å². The highest BCUT2D eigenvalue weighted by atomic mass is 16.1. The lowest BCUT2D eigenvalue weighted by molar-refractivity contribution is 0.0960. The minimum Gasteiger partial charge on any atom is -0.311 e. The van der Waals surface area contributed by atoms with Gasteiger partial charge in [0, 0.05) is 24.1 Å². The molecule has 2 unspecified atom stereocenters. The Morgan fingerprint density at radius 3 is 3.06 bits per heavy atom. The molecule has 3 nitrogen and oxygen atoms in total. The Balaban J connectivity index is 2.01. The van der Waals surface area contributed by atoms with Crippen LogP contribution < -0.4 is 5.32 Å². The van der Waals surface area contributed by atoms with Crippen LogP contribution in [0.4, 0.5) is 0 Å². The van der Waals surface area contributed by atoms with Gasteiger partial charge in [-0.2, -0.15) is 5.26 Å². The number of nitriles is 1. The third-order valence-electron chi connectivity index (χ3n) is 3.46. The normalized spacial score (nSPS) is 23.3. The van der Waals surface area contributed by atoms with Gasteiger partial charge in [-0.1, -0.05) is 18.6 Å². The minimum absolute atomic E-state index is 0.124. The van der Waals surface area contributed by atoms with Gasteiger partial charge in [-0.25, -0.2) is 0 Å². The summed E-state index contributed by atoms with van der Waals surface area (Å²) in [5, 5.41) is 12.3. The first kappa shape index (κ1) is 12.8. The van der Waals surface area contributed by atoms with Crippen LogP contribution in [0.3, 0.4) is 0 Å². The first-order valence-corrected chi connectivity index (χ1v) is 6.48. The van der Waals surface area contributed by atoms with Crippen molar-refractivity contribution < 1.29 is 4.79 Å². The van der Waals surface area contributed by atoms with Crippen LogP contribution in [0.1, 0.15) is 48.5 Å². The molecule has 0 spiro atoms. The molecule has 2 rings (SSSR count). The number of Topliss-reactive ketones (excluding diaryl/α,β-unsaturated/α-hetero) is 1. The second-order valence-electron chi connectivity index (χ2n) is 5.02. The first-order valence-electron chi connectivity index (χ1n) is 6.48. The lowest BCUT2D eigenvalue weighted by Gasteiger charge is -2.28. The molecule has 0 bridgehead atoms. The number of rotatable bonds is 3. The summed E-state index contributed by atoms with van der Waals surface area (Å²) in [6.45, 7) is 2.16. The molecule has 2 atom stereocenters. The van der Waals surface area contributed by atoms with Gasteiger partial charge in [0.05, 0.1) is 11.6 Å². The van der Waals surface area contributed by atoms with E-state index in [0.29, 0.717) is 23.6 Å². The minimum atomic E-state index is 0.124. The van der Waals surface area contributed by atoms with E-state index in [1.807, 2.05) is 0 Å². The van der Waals surface area contributed by atoms with Crippen molar-refractivity contribution in [2.45, 2.75) is 44.7 Å². The molecule has 1 N–H and O–H groups in total. The van der Waals surface area contributed by atoms with E-state index in [1.165, 1.54) is 12.8 Å². The van der Waals surface area contributed by atoms with Gasteiger partial charge in [-0.15, -0.1) is 0 Å². The van der Waals surface area contributed by atoms with Crippen molar-refractivity contribution in [3.05, 3.63) is 35.4 Å². The number of hydrogen-bond donors (Lipinski definition) is 1. The summed E-state index contributed by atoms with van der Waals surface area (Å²) < 4.78 is 0. The molecule has 1 aromatic carbocycles. The molecule has 1 fully saturated rings. The highest BCUT2D eigenvalue weighted by molar-refractivity contribution is 5.96. The van der Waals surface area contributed by atoms with Crippen molar-refractivity contribution in [2.24, 2.45) is 0 Å². The molecule has 1 heterocycles. The van der Waals surface area contributed by atoms with Crippen LogP contribution in [0.15, 0.2) is 24.3 Å². The second-order valence-corrected chi connectivity index (χ2v) is 5.02. The second kappa shape index (κ2) is 5.79. The molecule has 1 aromatic rings. The lowest BCUT2D eigenvalue weighted by atomic mass is 9.94. The standard InChI is InChI=1S/C15H18N2O/c1-11-4-2-7-14(17-11)9-15(18)13-6-3-5-12(8-13)10-16/h3,5-6,8,11,14,17H,2,4,7,9H2,1H3. The van der Waals surface area contributed by atoms with Crippen molar-refractivity contribution in [2.75, 3.05) is 0 Å². The van der Waals surface area contributed by atoms with Crippen LogP contribution in [0.25, 0.3) is 0 Å². The highest BCUT2D eigenvalue weighted by Gasteiger charge is 2.20. The maximum Gasteiger partial charge on any atom is 0.164 e. The van der Waals surface area contributed by atoms with Gasteiger partial charge in [0.2, 0.25) is 0 Å². The molecule has 1 aliphatic heterocycles. The van der Waals surface area contributed by atoms with E-state index >= 15 is 0 Å². The maximum absolute atomic E-state index is 12.1. The zero-order valence-electron chi connectivity index (χ0n) is 10.6. The van der Waals surface area contributed by atoms with E-state index in [0.717, 1.165) is 6.42 Å². The van der Waals surface area contributed by atoms with Gasteiger partial charge in [-0.3, -0.25) is 4.79 Å². The lowest BCUT2D eigenvalue weighted by Crippen LogP contribution is -2.41. The number of piperidine rings is 1. The van der Waals surface area contributed by atoms with Crippen molar-refractivity contribution >= 4 is 5.78 Å². The number of ketones is 1. The molecule has 94 valence electrons. The van der Waals surface area contributed by atoms with Crippen molar-refractivity contribution in [1.29, 1.82) is 5.26 Å². The maximum atomic E-state index is 12.1. The van der Waals surface area contributed by atoms with Crippen molar-refractivity contribution in [3.63, 3.8) is 0 Å². The summed E-state index contributed by atoms with van der Waals surface area (Å²) in [5.41, 5.74) is 1.19. The zero-order chi connectivity index (χ0) is 13.0. The topological polar surface area (TPSA) is 52.9 Å². The Kier molecular flexibility index (Phi) is 4.11. The molecule has 0 aromatic heterocycles. The fourth-order valence-electron chi connectivity index (χ4n) is 2.50. The van der Waals surface area contributed by atoms with Gasteiger partial charge in [0.15, 0.2) is 5.78 Å². The summed E-state index contributed by atoms with van der Waals surface area (Å²) in [4.78, 5) is 12.1. The fraction of sp³-hybridized carbons (Fsp3) is 0.467. The largest absolute Gasteiger partial charge is 0.311 e. The Labute approximate surface area is 108 Å². The molecule has 0 aliphatic carbocycles. The van der Waals surface area contributed by atoms with E-state index in [9.17, 15) is 4.79 Å². The van der Waals surface area contributed by atoms with Crippen LogP contribution in [0.5, 0.6) is 0 Å². The number of hydrogen-bond acceptors (Lipinski definition) is 3. The van der Waals surface area contributed by atoms with Gasteiger partial charge in [-0.05, 0) is 31.9 Å². The summed E-state index contributed by atoms with van der Waals surface area (Å²) >= 11 is 0. The fourth-order valence-corrected chi connectivity index (χ4v) is 2.50. The Morgan fingerprint density at radius 2 is 2.33 bits per heavy atom. The highest BCUT2D eigenvalue weighted by Crippen LogP contribution is 2.17. The number of nitrogens with zero attached hydrogens (tertiary/aromatic N) is 1. The molecule has 0 amide bonds. The molecular formula is C15H18N2O. The zero-order valence-corrected chi connectivity index (χ0v) is 10.6. The van der Waals surface area contributed by atoms with E-state index in [-0.39, 0.29) is 11.8 Å². The molecule has 0 radical (unpaired) electrons. The predicted octanol–water partition coefficient (Wildman–Crippen LogP) is 2.66. The molecule has 18 heavy (non-hydrogen) atoms. The number of nitrogens with one attached hydrogen (secondary N) is 1. The van der Waals surface area contributed by atoms with Crippen LogP contribution in [-0.4, -0.2) is 17.9 Å². The Hall–Kier alpha value is -1.66. The summed E-state index contributed by atoms with van der Waals surface area (Å²) in [6.07, 6.45) is 3.96. The molecule has 1 aliphatic rings. The van der Waals surface area contributed by atoms with Crippen LogP contribution in [0.2, 0.25) is 0 Å². The Morgan fingerprint density at radius 1 is 1.50 bits per heavy atom. The predicted molar refractivity (Wildman–Crippen MR) is 70.3 cm³/mol. The average molecular weight is 242 g/mol. The third-order valence-corrected chi connectivity index (χ3v) is 3.46. The summed E-state index contributed by atoms with van der Waals surface area (Å²) in [6, 6.07) is 9.80. The average Bonchev–Trinajstić information content (AvgIpc) is 2.39. The Bertz CT molecular complexity index is 476. The number of benzene rings is 1. The van der Waals surface area contributed by atoms with Crippen molar-refractivity contribution in [1.82, 2.24) is 5.32 Å². The van der Waals surface area contributed by atoms with E-state index in [2.05, 4.69) is 18.3 Å². The van der Waals surface area contributed by atoms with E-state index < -0.39 is 0 Å². The first-order chi connectivity index (χ1) is 8.69. The monoisotopic (exact) mass is 242 g/mol. The summed E-state index contributed by atoms with van der Waals surface area (Å²) in [5.74, 6) is 0.124. The van der Waals surface area contributed by atoms with Crippen LogP contribution in [-0.2, 0) is 0 Å². The van der Waals surface area contributed by atoms with E-state index in [4.69, 9.17) is 5.26 Å². The van der Waals surface area contributed by atoms with Crippen molar-refractivity contribution in [3.8, 4) is 6.07 Å². The SMILES string of the molecule is CC1CCCC(CC(=O)c2cccc(C#N)c2)N1. The van der Waals surface area contributed by atoms with Gasteiger partial charge in [0.1, 0.15) is 0 Å². The number of carbonyl (C=O) groups is 1.